The first-order valence-corrected chi connectivity index (χ1v) is 4.99. The summed E-state index contributed by atoms with van der Waals surface area (Å²) in [4.78, 5) is 10.6. The summed E-state index contributed by atoms with van der Waals surface area (Å²) in [5.74, 6) is -0.505. The van der Waals surface area contributed by atoms with E-state index in [4.69, 9.17) is 4.74 Å². The highest BCUT2D eigenvalue weighted by Crippen LogP contribution is 2.09. The molecule has 0 N–H and O–H groups in total. The average molecular weight is 210 g/mol. The van der Waals surface area contributed by atoms with Crippen molar-refractivity contribution in [3.05, 3.63) is 35.6 Å². The SMILES string of the molecule is CC(=O)OC(C)CCc1cccc(F)c1. The third-order valence-electron chi connectivity index (χ3n) is 2.10. The van der Waals surface area contributed by atoms with Crippen LogP contribution in [0.15, 0.2) is 24.3 Å². The second-order valence-electron chi connectivity index (χ2n) is 3.59. The van der Waals surface area contributed by atoms with Crippen molar-refractivity contribution >= 4 is 5.97 Å². The quantitative estimate of drug-likeness (QED) is 0.714. The molecule has 1 aromatic carbocycles. The Labute approximate surface area is 89.1 Å². The first-order chi connectivity index (χ1) is 7.08. The first-order valence-electron chi connectivity index (χ1n) is 4.99. The molecule has 1 rings (SSSR count). The summed E-state index contributed by atoms with van der Waals surface area (Å²) in [6.07, 6.45) is 1.31. The maximum atomic E-state index is 12.8. The summed E-state index contributed by atoms with van der Waals surface area (Å²) >= 11 is 0. The molecule has 82 valence electrons. The van der Waals surface area contributed by atoms with Crippen LogP contribution in [-0.4, -0.2) is 12.1 Å². The van der Waals surface area contributed by atoms with Gasteiger partial charge in [0.15, 0.2) is 0 Å². The number of benzene rings is 1. The van der Waals surface area contributed by atoms with E-state index in [2.05, 4.69) is 0 Å². The van der Waals surface area contributed by atoms with Crippen molar-refractivity contribution in [1.29, 1.82) is 0 Å². The number of carbonyl (C=O) groups is 1. The Hall–Kier alpha value is -1.38. The van der Waals surface area contributed by atoms with Gasteiger partial charge in [0.2, 0.25) is 0 Å². The van der Waals surface area contributed by atoms with Crippen LogP contribution in [0.2, 0.25) is 0 Å². The molecule has 2 nitrogen and oxygen atoms in total. The standard InChI is InChI=1S/C12H15FO2/c1-9(15-10(2)14)6-7-11-4-3-5-12(13)8-11/h3-5,8-9H,6-7H2,1-2H3. The zero-order valence-corrected chi connectivity index (χ0v) is 9.00. The molecule has 1 atom stereocenters. The van der Waals surface area contributed by atoms with Crippen molar-refractivity contribution in [2.24, 2.45) is 0 Å². The highest BCUT2D eigenvalue weighted by molar-refractivity contribution is 5.66. The number of esters is 1. The van der Waals surface area contributed by atoms with Gasteiger partial charge in [-0.25, -0.2) is 4.39 Å². The zero-order valence-electron chi connectivity index (χ0n) is 9.00. The fraction of sp³-hybridized carbons (Fsp3) is 0.417. The minimum Gasteiger partial charge on any atom is -0.463 e. The topological polar surface area (TPSA) is 26.3 Å². The third-order valence-corrected chi connectivity index (χ3v) is 2.10. The molecule has 0 bridgehead atoms. The molecule has 0 saturated carbocycles. The van der Waals surface area contributed by atoms with Crippen LogP contribution in [0.5, 0.6) is 0 Å². The Morgan fingerprint density at radius 2 is 2.27 bits per heavy atom. The van der Waals surface area contributed by atoms with Crippen molar-refractivity contribution in [2.75, 3.05) is 0 Å². The van der Waals surface area contributed by atoms with E-state index in [1.807, 2.05) is 13.0 Å². The van der Waals surface area contributed by atoms with Crippen molar-refractivity contribution in [1.82, 2.24) is 0 Å². The van der Waals surface area contributed by atoms with Crippen molar-refractivity contribution in [2.45, 2.75) is 32.8 Å². The van der Waals surface area contributed by atoms with E-state index in [1.54, 1.807) is 6.07 Å². The molecule has 1 aromatic rings. The monoisotopic (exact) mass is 210 g/mol. The van der Waals surface area contributed by atoms with Crippen LogP contribution in [0.1, 0.15) is 25.8 Å². The second kappa shape index (κ2) is 5.49. The Kier molecular flexibility index (Phi) is 4.28. The van der Waals surface area contributed by atoms with Gasteiger partial charge in [-0.3, -0.25) is 4.79 Å². The average Bonchev–Trinajstić information content (AvgIpc) is 2.14. The lowest BCUT2D eigenvalue weighted by Gasteiger charge is -2.11. The number of aryl methyl sites for hydroxylation is 1. The summed E-state index contributed by atoms with van der Waals surface area (Å²) in [5, 5.41) is 0. The molecule has 0 radical (unpaired) electrons. The summed E-state index contributed by atoms with van der Waals surface area (Å²) in [6.45, 7) is 3.22. The lowest BCUT2D eigenvalue weighted by molar-refractivity contribution is -0.145. The number of ether oxygens (including phenoxy) is 1. The highest BCUT2D eigenvalue weighted by Gasteiger charge is 2.05. The molecule has 0 aliphatic rings. The van der Waals surface area contributed by atoms with Crippen molar-refractivity contribution in [3.8, 4) is 0 Å². The van der Waals surface area contributed by atoms with Crippen LogP contribution < -0.4 is 0 Å². The maximum Gasteiger partial charge on any atom is 0.302 e. The molecule has 0 amide bonds. The summed E-state index contributed by atoms with van der Waals surface area (Å²) in [6, 6.07) is 6.46. The number of rotatable bonds is 4. The van der Waals surface area contributed by atoms with Crippen LogP contribution in [0.3, 0.4) is 0 Å². The Morgan fingerprint density at radius 1 is 1.53 bits per heavy atom. The minimum atomic E-state index is -0.276. The van der Waals surface area contributed by atoms with Crippen LogP contribution in [-0.2, 0) is 16.0 Å². The second-order valence-corrected chi connectivity index (χ2v) is 3.59. The van der Waals surface area contributed by atoms with Gasteiger partial charge in [-0.05, 0) is 37.5 Å². The van der Waals surface area contributed by atoms with Gasteiger partial charge in [-0.2, -0.15) is 0 Å². The molecule has 1 unspecified atom stereocenters. The molecule has 0 aromatic heterocycles. The van der Waals surface area contributed by atoms with Gasteiger partial charge in [-0.1, -0.05) is 12.1 Å². The predicted octanol–water partition coefficient (Wildman–Crippen LogP) is 2.71. The third kappa shape index (κ3) is 4.58. The summed E-state index contributed by atoms with van der Waals surface area (Å²) in [5.41, 5.74) is 0.925. The molecule has 0 spiro atoms. The molecule has 0 aliphatic carbocycles. The fourth-order valence-electron chi connectivity index (χ4n) is 1.40. The Balaban J connectivity index is 2.40. The minimum absolute atomic E-state index is 0.120. The molecular formula is C12H15FO2. The number of carbonyl (C=O) groups excluding carboxylic acids is 1. The van der Waals surface area contributed by atoms with Gasteiger partial charge >= 0.3 is 5.97 Å². The predicted molar refractivity (Wildman–Crippen MR) is 55.9 cm³/mol. The van der Waals surface area contributed by atoms with E-state index in [-0.39, 0.29) is 17.9 Å². The van der Waals surface area contributed by atoms with Crippen LogP contribution >= 0.6 is 0 Å². The van der Waals surface area contributed by atoms with Crippen LogP contribution in [0.4, 0.5) is 4.39 Å². The first kappa shape index (κ1) is 11.7. The van der Waals surface area contributed by atoms with Gasteiger partial charge in [-0.15, -0.1) is 0 Å². The van der Waals surface area contributed by atoms with Crippen molar-refractivity contribution in [3.63, 3.8) is 0 Å². The Bertz CT molecular complexity index is 336. The van der Waals surface area contributed by atoms with Crippen LogP contribution in [0, 0.1) is 5.82 Å². The molecule has 0 fully saturated rings. The van der Waals surface area contributed by atoms with E-state index in [1.165, 1.54) is 19.1 Å². The van der Waals surface area contributed by atoms with Crippen LogP contribution in [0.25, 0.3) is 0 Å². The number of hydrogen-bond donors (Lipinski definition) is 0. The van der Waals surface area contributed by atoms with E-state index in [9.17, 15) is 9.18 Å². The zero-order chi connectivity index (χ0) is 11.3. The molecular weight excluding hydrogens is 195 g/mol. The van der Waals surface area contributed by atoms with Gasteiger partial charge < -0.3 is 4.74 Å². The normalized spacial score (nSPS) is 12.2. The fourth-order valence-corrected chi connectivity index (χ4v) is 1.40. The van der Waals surface area contributed by atoms with E-state index in [0.29, 0.717) is 12.8 Å². The molecule has 3 heteroatoms. The maximum absolute atomic E-state index is 12.8. The lowest BCUT2D eigenvalue weighted by atomic mass is 10.1. The molecule has 0 heterocycles. The largest absolute Gasteiger partial charge is 0.463 e. The lowest BCUT2D eigenvalue weighted by Crippen LogP contribution is -2.12. The highest BCUT2D eigenvalue weighted by atomic mass is 19.1. The van der Waals surface area contributed by atoms with Gasteiger partial charge in [0.05, 0.1) is 6.10 Å². The van der Waals surface area contributed by atoms with Gasteiger partial charge in [0.1, 0.15) is 5.82 Å². The van der Waals surface area contributed by atoms with Gasteiger partial charge in [0.25, 0.3) is 0 Å². The Morgan fingerprint density at radius 3 is 2.87 bits per heavy atom. The molecule has 15 heavy (non-hydrogen) atoms. The molecule has 0 aliphatic heterocycles. The number of halogens is 1. The van der Waals surface area contributed by atoms with Crippen molar-refractivity contribution < 1.29 is 13.9 Å². The summed E-state index contributed by atoms with van der Waals surface area (Å²) in [7, 11) is 0. The van der Waals surface area contributed by atoms with E-state index in [0.717, 1.165) is 5.56 Å². The smallest absolute Gasteiger partial charge is 0.302 e. The van der Waals surface area contributed by atoms with E-state index >= 15 is 0 Å². The van der Waals surface area contributed by atoms with Gasteiger partial charge in [0, 0.05) is 6.92 Å². The molecule has 0 saturated heterocycles. The number of hydrogen-bond acceptors (Lipinski definition) is 2. The summed E-state index contributed by atoms with van der Waals surface area (Å²) < 4.78 is 17.8. The van der Waals surface area contributed by atoms with E-state index < -0.39 is 0 Å².